The predicted octanol–water partition coefficient (Wildman–Crippen LogP) is 1.41. The van der Waals surface area contributed by atoms with E-state index < -0.39 is 18.1 Å². The molecule has 0 saturated carbocycles. The molecular weight excluding hydrogens is 422 g/mol. The summed E-state index contributed by atoms with van der Waals surface area (Å²) in [6, 6.07) is 0. The zero-order valence-corrected chi connectivity index (χ0v) is 17.1. The van der Waals surface area contributed by atoms with Gasteiger partial charge >= 0.3 is 110 Å². The maximum atomic E-state index is 2.55. The van der Waals surface area contributed by atoms with E-state index in [2.05, 4.69) is 63.4 Å². The number of halogens is 1. The van der Waals surface area contributed by atoms with Crippen molar-refractivity contribution in [3.8, 4) is 0 Å². The molecule has 0 spiro atoms. The minimum absolute atomic E-state index is 0. The Kier molecular flexibility index (Phi) is 5.95. The van der Waals surface area contributed by atoms with Gasteiger partial charge in [-0.3, -0.25) is 0 Å². The molecule has 0 atom stereocenters. The monoisotopic (exact) mass is 446 g/mol. The molecule has 0 aromatic carbocycles. The average molecular weight is 445 g/mol. The molecule has 18 heavy (non-hydrogen) atoms. The van der Waals surface area contributed by atoms with Gasteiger partial charge in [0, 0.05) is 0 Å². The van der Waals surface area contributed by atoms with E-state index in [1.54, 1.807) is 3.26 Å². The Bertz CT molecular complexity index is 521. The minimum atomic E-state index is -2.51. The fraction of sp³-hybridized carbons (Fsp3) is 0.400. The van der Waals surface area contributed by atoms with Crippen LogP contribution in [0.5, 0.6) is 0 Å². The van der Waals surface area contributed by atoms with Crippen LogP contribution in [0.15, 0.2) is 43.1 Å². The molecule has 0 saturated heterocycles. The molecule has 2 aliphatic carbocycles. The summed E-state index contributed by atoms with van der Waals surface area (Å²) in [6.45, 7) is 9.93. The van der Waals surface area contributed by atoms with Crippen LogP contribution in [0.3, 0.4) is 0 Å². The SMILES string of the molecule is C[C](C)=[Hf]([C]1=CC=CC1)([C]1=CC=CC1)=[Si](C)C.[Cl-].[H-]. The standard InChI is InChI=1S/2C5H5.C3H6.C2H6Si.ClH.Hf.H/c2*1-2-4-5-3-1;2*1-3-2;;;/h2*1-3H,4H2;2*1-2H3;1H;;/q;;;;;;-1/p-1. The summed E-state index contributed by atoms with van der Waals surface area (Å²) < 4.78 is 5.47. The largest absolute Gasteiger partial charge is 1.00 e. The van der Waals surface area contributed by atoms with Gasteiger partial charge in [0.2, 0.25) is 0 Å². The van der Waals surface area contributed by atoms with E-state index in [1.165, 1.54) is 12.8 Å². The first-order valence-electron chi connectivity index (χ1n) is 6.43. The molecule has 100 valence electrons. The quantitative estimate of drug-likeness (QED) is 0.564. The van der Waals surface area contributed by atoms with Crippen molar-refractivity contribution in [2.75, 3.05) is 0 Å². The van der Waals surface area contributed by atoms with Crippen LogP contribution in [0.2, 0.25) is 13.1 Å². The Morgan fingerprint density at radius 1 is 1.06 bits per heavy atom. The van der Waals surface area contributed by atoms with E-state index in [0.29, 0.717) is 0 Å². The molecule has 2 rings (SSSR count). The molecule has 0 aromatic rings. The van der Waals surface area contributed by atoms with Gasteiger partial charge in [-0.15, -0.1) is 0 Å². The molecule has 2 aliphatic rings. The molecule has 0 aliphatic heterocycles. The van der Waals surface area contributed by atoms with Crippen molar-refractivity contribution in [2.24, 2.45) is 0 Å². The van der Waals surface area contributed by atoms with E-state index >= 15 is 0 Å². The topological polar surface area (TPSA) is 0 Å². The number of hydrogen-bond donors (Lipinski definition) is 0. The molecular formula is C15H23ClHfSi-2. The summed E-state index contributed by atoms with van der Waals surface area (Å²) in [6.07, 6.45) is 16.6. The third-order valence-corrected chi connectivity index (χ3v) is 46.0. The van der Waals surface area contributed by atoms with Crippen LogP contribution in [-0.4, -0.2) is 8.75 Å². The van der Waals surface area contributed by atoms with Gasteiger partial charge < -0.3 is 13.8 Å². The van der Waals surface area contributed by atoms with Crippen molar-refractivity contribution in [3.63, 3.8) is 0 Å². The van der Waals surface area contributed by atoms with Crippen molar-refractivity contribution in [1.29, 1.82) is 0 Å². The Labute approximate surface area is 123 Å². The molecule has 0 nitrogen and oxygen atoms in total. The van der Waals surface area contributed by atoms with E-state index in [1.807, 2.05) is 6.66 Å². The first kappa shape index (κ1) is 16.3. The molecule has 0 N–H and O–H groups in total. The predicted molar refractivity (Wildman–Crippen MR) is 78.6 cm³/mol. The second-order valence-corrected chi connectivity index (χ2v) is 37.9. The van der Waals surface area contributed by atoms with Crippen molar-refractivity contribution in [3.05, 3.63) is 43.1 Å². The maximum absolute atomic E-state index is 2.55. The van der Waals surface area contributed by atoms with E-state index in [0.717, 1.165) is 0 Å². The van der Waals surface area contributed by atoms with Gasteiger partial charge in [-0.2, -0.15) is 0 Å². The normalized spacial score (nSPS) is 16.4. The summed E-state index contributed by atoms with van der Waals surface area (Å²) in [5, 5.41) is 0. The maximum Gasteiger partial charge on any atom is -1.00 e. The molecule has 0 bridgehead atoms. The Morgan fingerprint density at radius 3 is 1.72 bits per heavy atom. The van der Waals surface area contributed by atoms with E-state index in [9.17, 15) is 0 Å². The van der Waals surface area contributed by atoms with E-state index in [-0.39, 0.29) is 19.3 Å². The van der Waals surface area contributed by atoms with E-state index in [4.69, 9.17) is 0 Å². The number of allylic oxidation sites excluding steroid dienone is 8. The van der Waals surface area contributed by atoms with Crippen LogP contribution in [-0.2, 0) is 18.1 Å². The molecule has 0 amide bonds. The smallest absolute Gasteiger partial charge is 1.00 e. The van der Waals surface area contributed by atoms with Gasteiger partial charge in [-0.25, -0.2) is 0 Å². The minimum Gasteiger partial charge on any atom is -1.00 e. The van der Waals surface area contributed by atoms with Crippen LogP contribution >= 0.6 is 0 Å². The van der Waals surface area contributed by atoms with Crippen LogP contribution in [0, 0.1) is 0 Å². The van der Waals surface area contributed by atoms with Gasteiger partial charge in [0.15, 0.2) is 0 Å². The second kappa shape index (κ2) is 6.58. The fourth-order valence-corrected chi connectivity index (χ4v) is 45.0. The summed E-state index contributed by atoms with van der Waals surface area (Å²) in [7, 11) is 0. The van der Waals surface area contributed by atoms with Crippen LogP contribution in [0.4, 0.5) is 0 Å². The van der Waals surface area contributed by atoms with Crippen molar-refractivity contribution >= 4 is 8.75 Å². The third kappa shape index (κ3) is 2.57. The molecule has 3 heteroatoms. The van der Waals surface area contributed by atoms with Gasteiger partial charge in [-0.05, 0) is 0 Å². The van der Waals surface area contributed by atoms with Crippen molar-refractivity contribution in [1.82, 2.24) is 0 Å². The Hall–Kier alpha value is 0.207. The summed E-state index contributed by atoms with van der Waals surface area (Å²) in [5.74, 6) is 0. The van der Waals surface area contributed by atoms with Gasteiger partial charge in [0.25, 0.3) is 0 Å². The molecule has 0 fully saturated rings. The van der Waals surface area contributed by atoms with Crippen molar-refractivity contribution < 1.29 is 31.9 Å². The van der Waals surface area contributed by atoms with Gasteiger partial charge in [0.1, 0.15) is 0 Å². The second-order valence-electron chi connectivity index (χ2n) is 5.40. The first-order chi connectivity index (χ1) is 8.10. The Morgan fingerprint density at radius 2 is 1.50 bits per heavy atom. The molecule has 0 unspecified atom stereocenters. The first-order valence-corrected chi connectivity index (χ1v) is 19.7. The number of rotatable bonds is 2. The fourth-order valence-electron chi connectivity index (χ4n) is 3.44. The molecule has 0 radical (unpaired) electrons. The van der Waals surface area contributed by atoms with Gasteiger partial charge in [-0.1, -0.05) is 0 Å². The van der Waals surface area contributed by atoms with Gasteiger partial charge in [0.05, 0.1) is 0 Å². The number of hydrogen-bond acceptors (Lipinski definition) is 0. The summed E-state index contributed by atoms with van der Waals surface area (Å²) in [4.78, 5) is 0. The van der Waals surface area contributed by atoms with Crippen LogP contribution < -0.4 is 12.4 Å². The van der Waals surface area contributed by atoms with Crippen LogP contribution in [0.25, 0.3) is 0 Å². The average Bonchev–Trinajstić information content (AvgIpc) is 2.88. The Balaban J connectivity index is 0.00000162. The zero-order chi connectivity index (χ0) is 12.5. The third-order valence-electron chi connectivity index (χ3n) is 4.01. The van der Waals surface area contributed by atoms with Crippen LogP contribution in [0.1, 0.15) is 28.1 Å². The molecule has 0 aromatic heterocycles. The molecule has 0 heterocycles. The van der Waals surface area contributed by atoms with Crippen molar-refractivity contribution in [2.45, 2.75) is 39.8 Å². The zero-order valence-electron chi connectivity index (χ0n) is 12.8. The summed E-state index contributed by atoms with van der Waals surface area (Å²) in [5.41, 5.74) is -0.229. The summed E-state index contributed by atoms with van der Waals surface area (Å²) >= 11 is -2.51.